The number of carbonyl (C=O) groups excluding carboxylic acids is 2. The third-order valence-electron chi connectivity index (χ3n) is 5.01. The quantitative estimate of drug-likeness (QED) is 0.833. The molecule has 0 bridgehead atoms. The summed E-state index contributed by atoms with van der Waals surface area (Å²) in [5.74, 6) is 1.48. The van der Waals surface area contributed by atoms with Gasteiger partial charge in [-0.3, -0.25) is 14.5 Å². The number of carbonyl (C=O) groups is 2. The van der Waals surface area contributed by atoms with Crippen LogP contribution >= 0.6 is 0 Å². The molecule has 0 radical (unpaired) electrons. The van der Waals surface area contributed by atoms with Gasteiger partial charge in [-0.2, -0.15) is 0 Å². The van der Waals surface area contributed by atoms with E-state index < -0.39 is 0 Å². The van der Waals surface area contributed by atoms with Gasteiger partial charge in [0.1, 0.15) is 5.82 Å². The minimum absolute atomic E-state index is 0.0163. The molecular weight excluding hydrogens is 330 g/mol. The Bertz CT molecular complexity index is 614. The van der Waals surface area contributed by atoms with E-state index in [-0.39, 0.29) is 24.3 Å². The number of aromatic nitrogens is 1. The topological polar surface area (TPSA) is 68.8 Å². The van der Waals surface area contributed by atoms with E-state index in [1.165, 1.54) is 0 Å². The van der Waals surface area contributed by atoms with Crippen LogP contribution in [0.15, 0.2) is 24.4 Å². The van der Waals surface area contributed by atoms with E-state index in [4.69, 9.17) is 0 Å². The van der Waals surface area contributed by atoms with E-state index in [0.717, 1.165) is 32.0 Å². The average molecular weight is 359 g/mol. The van der Waals surface area contributed by atoms with Gasteiger partial charge in [-0.1, -0.05) is 19.9 Å². The highest BCUT2D eigenvalue weighted by atomic mass is 16.2. The molecule has 0 saturated carbocycles. The SMILES string of the molecule is CC(C)CN1CCNC(=O)C1CC(=O)N1CCN(c2ccccn2)CC1. The van der Waals surface area contributed by atoms with Crippen LogP contribution in [-0.4, -0.2) is 78.5 Å². The van der Waals surface area contributed by atoms with E-state index in [9.17, 15) is 9.59 Å². The summed E-state index contributed by atoms with van der Waals surface area (Å²) >= 11 is 0. The zero-order valence-corrected chi connectivity index (χ0v) is 15.7. The van der Waals surface area contributed by atoms with Gasteiger partial charge in [-0.05, 0) is 18.1 Å². The highest BCUT2D eigenvalue weighted by molar-refractivity contribution is 5.89. The molecule has 2 saturated heterocycles. The number of piperazine rings is 2. The summed E-state index contributed by atoms with van der Waals surface area (Å²) in [6.07, 6.45) is 2.06. The Kier molecular flexibility index (Phi) is 6.08. The van der Waals surface area contributed by atoms with Crippen LogP contribution < -0.4 is 10.2 Å². The van der Waals surface area contributed by atoms with Crippen molar-refractivity contribution in [2.75, 3.05) is 50.7 Å². The number of amides is 2. The van der Waals surface area contributed by atoms with Gasteiger partial charge in [0, 0.05) is 52.0 Å². The highest BCUT2D eigenvalue weighted by Gasteiger charge is 2.33. The van der Waals surface area contributed by atoms with Gasteiger partial charge in [0.25, 0.3) is 0 Å². The smallest absolute Gasteiger partial charge is 0.237 e. The molecule has 1 aromatic heterocycles. The number of nitrogens with zero attached hydrogens (tertiary/aromatic N) is 4. The maximum atomic E-state index is 12.8. The molecule has 3 rings (SSSR count). The van der Waals surface area contributed by atoms with Crippen molar-refractivity contribution in [2.24, 2.45) is 5.92 Å². The van der Waals surface area contributed by atoms with Crippen LogP contribution in [0.3, 0.4) is 0 Å². The summed E-state index contributed by atoms with van der Waals surface area (Å²) in [7, 11) is 0. The summed E-state index contributed by atoms with van der Waals surface area (Å²) in [5.41, 5.74) is 0. The van der Waals surface area contributed by atoms with Crippen LogP contribution in [-0.2, 0) is 9.59 Å². The second kappa shape index (κ2) is 8.49. The lowest BCUT2D eigenvalue weighted by Crippen LogP contribution is -2.58. The molecule has 2 amide bonds. The van der Waals surface area contributed by atoms with E-state index in [1.54, 1.807) is 6.20 Å². The van der Waals surface area contributed by atoms with Crippen molar-refractivity contribution in [1.82, 2.24) is 20.1 Å². The predicted octanol–water partition coefficient (Wildman–Crippen LogP) is 0.577. The van der Waals surface area contributed by atoms with Gasteiger partial charge in [-0.25, -0.2) is 4.98 Å². The summed E-state index contributed by atoms with van der Waals surface area (Å²) < 4.78 is 0. The zero-order valence-electron chi connectivity index (χ0n) is 15.7. The van der Waals surface area contributed by atoms with Gasteiger partial charge >= 0.3 is 0 Å². The van der Waals surface area contributed by atoms with E-state index >= 15 is 0 Å². The van der Waals surface area contributed by atoms with Crippen molar-refractivity contribution >= 4 is 17.6 Å². The first-order valence-electron chi connectivity index (χ1n) is 9.50. The zero-order chi connectivity index (χ0) is 18.5. The number of nitrogens with one attached hydrogen (secondary N) is 1. The molecule has 1 unspecified atom stereocenters. The van der Waals surface area contributed by atoms with E-state index in [1.807, 2.05) is 23.1 Å². The van der Waals surface area contributed by atoms with E-state index in [2.05, 4.69) is 33.9 Å². The van der Waals surface area contributed by atoms with Gasteiger partial charge in [0.05, 0.1) is 12.5 Å². The van der Waals surface area contributed by atoms with Gasteiger partial charge in [0.15, 0.2) is 0 Å². The summed E-state index contributed by atoms with van der Waals surface area (Å²) in [5, 5.41) is 2.90. The Morgan fingerprint density at radius 3 is 2.65 bits per heavy atom. The Labute approximate surface area is 155 Å². The minimum atomic E-state index is -0.340. The lowest BCUT2D eigenvalue weighted by Gasteiger charge is -2.39. The van der Waals surface area contributed by atoms with Crippen LogP contribution in [0.25, 0.3) is 0 Å². The molecule has 142 valence electrons. The molecule has 1 N–H and O–H groups in total. The Morgan fingerprint density at radius 1 is 1.23 bits per heavy atom. The first kappa shape index (κ1) is 18.6. The lowest BCUT2D eigenvalue weighted by molar-refractivity contribution is -0.139. The van der Waals surface area contributed by atoms with Gasteiger partial charge in [-0.15, -0.1) is 0 Å². The largest absolute Gasteiger partial charge is 0.353 e. The summed E-state index contributed by atoms with van der Waals surface area (Å²) in [4.78, 5) is 35.7. The maximum Gasteiger partial charge on any atom is 0.237 e. The van der Waals surface area contributed by atoms with Crippen molar-refractivity contribution in [3.05, 3.63) is 24.4 Å². The number of hydrogen-bond donors (Lipinski definition) is 1. The standard InChI is InChI=1S/C19H29N5O2/c1-15(2)14-24-8-7-21-19(26)16(24)13-18(25)23-11-9-22(10-12-23)17-5-3-4-6-20-17/h3-6,15-16H,7-14H2,1-2H3,(H,21,26). The molecule has 0 aliphatic carbocycles. The number of rotatable bonds is 5. The minimum Gasteiger partial charge on any atom is -0.353 e. The van der Waals surface area contributed by atoms with Crippen LogP contribution in [0, 0.1) is 5.92 Å². The lowest BCUT2D eigenvalue weighted by atomic mass is 10.0. The van der Waals surface area contributed by atoms with Crippen molar-refractivity contribution in [1.29, 1.82) is 0 Å². The third kappa shape index (κ3) is 4.52. The van der Waals surface area contributed by atoms with Crippen molar-refractivity contribution < 1.29 is 9.59 Å². The summed E-state index contributed by atoms with van der Waals surface area (Å²) in [6, 6.07) is 5.53. The molecule has 3 heterocycles. The van der Waals surface area contributed by atoms with Crippen LogP contribution in [0.4, 0.5) is 5.82 Å². The van der Waals surface area contributed by atoms with Crippen LogP contribution in [0.2, 0.25) is 0 Å². The molecule has 26 heavy (non-hydrogen) atoms. The second-order valence-corrected chi connectivity index (χ2v) is 7.46. The molecule has 7 nitrogen and oxygen atoms in total. The Balaban J connectivity index is 1.55. The Morgan fingerprint density at radius 2 is 2.00 bits per heavy atom. The van der Waals surface area contributed by atoms with Crippen molar-refractivity contribution in [3.63, 3.8) is 0 Å². The number of hydrogen-bond acceptors (Lipinski definition) is 5. The predicted molar refractivity (Wildman–Crippen MR) is 101 cm³/mol. The molecule has 0 spiro atoms. The fraction of sp³-hybridized carbons (Fsp3) is 0.632. The molecule has 2 aliphatic heterocycles. The normalized spacial score (nSPS) is 21.8. The molecule has 7 heteroatoms. The summed E-state index contributed by atoms with van der Waals surface area (Å²) in [6.45, 7) is 9.50. The van der Waals surface area contributed by atoms with Crippen molar-refractivity contribution in [2.45, 2.75) is 26.3 Å². The Hall–Kier alpha value is -2.15. The van der Waals surface area contributed by atoms with Gasteiger partial charge in [0.2, 0.25) is 11.8 Å². The number of pyridine rings is 1. The van der Waals surface area contributed by atoms with Crippen LogP contribution in [0.5, 0.6) is 0 Å². The second-order valence-electron chi connectivity index (χ2n) is 7.46. The fourth-order valence-corrected chi connectivity index (χ4v) is 3.69. The first-order chi connectivity index (χ1) is 12.5. The molecular formula is C19H29N5O2. The highest BCUT2D eigenvalue weighted by Crippen LogP contribution is 2.16. The van der Waals surface area contributed by atoms with E-state index in [0.29, 0.717) is 25.6 Å². The monoisotopic (exact) mass is 359 g/mol. The molecule has 2 fully saturated rings. The fourth-order valence-electron chi connectivity index (χ4n) is 3.69. The number of anilines is 1. The molecule has 1 aromatic rings. The maximum absolute atomic E-state index is 12.8. The van der Waals surface area contributed by atoms with Crippen LogP contribution in [0.1, 0.15) is 20.3 Å². The molecule has 2 aliphatic rings. The van der Waals surface area contributed by atoms with Gasteiger partial charge < -0.3 is 15.1 Å². The van der Waals surface area contributed by atoms with Crippen molar-refractivity contribution in [3.8, 4) is 0 Å². The third-order valence-corrected chi connectivity index (χ3v) is 5.01. The molecule has 1 atom stereocenters. The first-order valence-corrected chi connectivity index (χ1v) is 9.50. The molecule has 0 aromatic carbocycles. The average Bonchev–Trinajstić information content (AvgIpc) is 2.65.